The van der Waals surface area contributed by atoms with Crippen LogP contribution in [-0.2, 0) is 4.79 Å². The van der Waals surface area contributed by atoms with E-state index in [1.165, 1.54) is 6.08 Å². The largest absolute Gasteiger partial charge is 0.497 e. The summed E-state index contributed by atoms with van der Waals surface area (Å²) in [6.45, 7) is 3.66. The Balaban J connectivity index is 1.87. The molecule has 2 amide bonds. The average molecular weight is 473 g/mol. The molecule has 3 aromatic rings. The van der Waals surface area contributed by atoms with Gasteiger partial charge in [-0.3, -0.25) is 9.59 Å². The number of rotatable bonds is 7. The van der Waals surface area contributed by atoms with Crippen LogP contribution in [0, 0.1) is 0 Å². The van der Waals surface area contributed by atoms with Crippen LogP contribution in [0.4, 0.5) is 0 Å². The molecule has 0 saturated heterocycles. The summed E-state index contributed by atoms with van der Waals surface area (Å²) in [4.78, 5) is 25.4. The minimum atomic E-state index is -0.436. The number of ether oxygens (including phenoxy) is 1. The first-order valence-corrected chi connectivity index (χ1v) is 10.6. The van der Waals surface area contributed by atoms with Crippen LogP contribution >= 0.6 is 23.2 Å². The first-order valence-electron chi connectivity index (χ1n) is 9.80. The number of nitrogens with one attached hydrogen (secondary N) is 2. The van der Waals surface area contributed by atoms with Crippen LogP contribution in [0.5, 0.6) is 5.75 Å². The normalized spacial score (nSPS) is 11.4. The summed E-state index contributed by atoms with van der Waals surface area (Å²) < 4.78 is 11.0. The Kier molecular flexibility index (Phi) is 7.62. The Morgan fingerprint density at radius 2 is 1.72 bits per heavy atom. The maximum absolute atomic E-state index is 12.7. The number of furan rings is 1. The van der Waals surface area contributed by atoms with Gasteiger partial charge < -0.3 is 19.8 Å². The van der Waals surface area contributed by atoms with Crippen LogP contribution in [0.3, 0.4) is 0 Å². The van der Waals surface area contributed by atoms with Gasteiger partial charge in [-0.25, -0.2) is 0 Å². The summed E-state index contributed by atoms with van der Waals surface area (Å²) in [5.41, 5.74) is 1.16. The predicted molar refractivity (Wildman–Crippen MR) is 126 cm³/mol. The quantitative estimate of drug-likeness (QED) is 0.441. The molecule has 0 saturated carbocycles. The molecule has 0 spiro atoms. The number of methoxy groups -OCH3 is 1. The fraction of sp³-hybridized carbons (Fsp3) is 0.167. The highest BCUT2D eigenvalue weighted by atomic mass is 35.5. The third-order valence-corrected chi connectivity index (χ3v) is 5.12. The lowest BCUT2D eigenvalue weighted by Gasteiger charge is -2.13. The summed E-state index contributed by atoms with van der Waals surface area (Å²) in [6.07, 6.45) is 1.47. The van der Waals surface area contributed by atoms with Crippen molar-refractivity contribution >= 4 is 41.1 Å². The van der Waals surface area contributed by atoms with Crippen LogP contribution in [0.15, 0.2) is 64.7 Å². The number of carbonyl (C=O) groups is 2. The van der Waals surface area contributed by atoms with Crippen molar-refractivity contribution < 1.29 is 18.7 Å². The summed E-state index contributed by atoms with van der Waals surface area (Å²) in [5, 5.41) is 6.28. The molecular weight excluding hydrogens is 451 g/mol. The predicted octanol–water partition coefficient (Wildman–Crippen LogP) is 5.56. The van der Waals surface area contributed by atoms with Crippen LogP contribution in [0.25, 0.3) is 17.4 Å². The highest BCUT2D eigenvalue weighted by Gasteiger charge is 2.17. The van der Waals surface area contributed by atoms with Crippen molar-refractivity contribution in [2.24, 2.45) is 0 Å². The molecule has 0 bridgehead atoms. The zero-order chi connectivity index (χ0) is 23.3. The Hall–Kier alpha value is -3.22. The lowest BCUT2D eigenvalue weighted by molar-refractivity contribution is -0.118. The van der Waals surface area contributed by atoms with Crippen LogP contribution in [0.2, 0.25) is 10.0 Å². The van der Waals surface area contributed by atoms with E-state index in [0.29, 0.717) is 32.9 Å². The van der Waals surface area contributed by atoms with Gasteiger partial charge in [0.1, 0.15) is 23.0 Å². The number of benzene rings is 2. The second-order valence-electron chi connectivity index (χ2n) is 7.20. The SMILES string of the molecule is COc1ccc(C(=O)NC(=Cc2ccc(-c3ccc(Cl)c(Cl)c3)o2)C(=O)NC(C)C)cc1. The molecular formula is C24H22Cl2N2O4. The fourth-order valence-corrected chi connectivity index (χ4v) is 3.11. The number of halogens is 2. The van der Waals surface area contributed by atoms with E-state index in [1.807, 2.05) is 13.8 Å². The fourth-order valence-electron chi connectivity index (χ4n) is 2.81. The molecule has 2 N–H and O–H groups in total. The van der Waals surface area contributed by atoms with E-state index in [2.05, 4.69) is 10.6 Å². The first-order chi connectivity index (χ1) is 15.3. The van der Waals surface area contributed by atoms with Crippen molar-refractivity contribution in [3.05, 3.63) is 81.7 Å². The number of amides is 2. The zero-order valence-electron chi connectivity index (χ0n) is 17.7. The maximum Gasteiger partial charge on any atom is 0.268 e. The molecule has 0 fully saturated rings. The Labute approximate surface area is 196 Å². The summed E-state index contributed by atoms with van der Waals surface area (Å²) in [6, 6.07) is 15.0. The average Bonchev–Trinajstić information content (AvgIpc) is 3.23. The molecule has 0 radical (unpaired) electrons. The van der Waals surface area contributed by atoms with Crippen LogP contribution in [-0.4, -0.2) is 25.0 Å². The van der Waals surface area contributed by atoms with E-state index in [9.17, 15) is 9.59 Å². The highest BCUT2D eigenvalue weighted by molar-refractivity contribution is 6.42. The molecule has 0 aliphatic heterocycles. The van der Waals surface area contributed by atoms with Gasteiger partial charge in [0.25, 0.3) is 11.8 Å². The first kappa shape index (κ1) is 23.4. The topological polar surface area (TPSA) is 80.6 Å². The van der Waals surface area contributed by atoms with E-state index in [0.717, 1.165) is 5.56 Å². The molecule has 6 nitrogen and oxygen atoms in total. The molecule has 1 aromatic heterocycles. The van der Waals surface area contributed by atoms with E-state index in [1.54, 1.807) is 61.7 Å². The van der Waals surface area contributed by atoms with Gasteiger partial charge in [-0.15, -0.1) is 0 Å². The monoisotopic (exact) mass is 472 g/mol. The Morgan fingerprint density at radius 1 is 1.00 bits per heavy atom. The van der Waals surface area contributed by atoms with Crippen molar-refractivity contribution in [1.29, 1.82) is 0 Å². The van der Waals surface area contributed by atoms with Crippen LogP contribution in [0.1, 0.15) is 30.0 Å². The second kappa shape index (κ2) is 10.4. The lowest BCUT2D eigenvalue weighted by atomic mass is 10.2. The highest BCUT2D eigenvalue weighted by Crippen LogP contribution is 2.30. The van der Waals surface area contributed by atoms with Crippen molar-refractivity contribution in [2.45, 2.75) is 19.9 Å². The van der Waals surface area contributed by atoms with Gasteiger partial charge in [-0.05, 0) is 68.4 Å². The van der Waals surface area contributed by atoms with Crippen molar-refractivity contribution in [2.75, 3.05) is 7.11 Å². The Morgan fingerprint density at radius 3 is 2.34 bits per heavy atom. The van der Waals surface area contributed by atoms with Gasteiger partial charge in [0.05, 0.1) is 17.2 Å². The second-order valence-corrected chi connectivity index (χ2v) is 8.01. The van der Waals surface area contributed by atoms with Gasteiger partial charge in [-0.2, -0.15) is 0 Å². The molecule has 3 rings (SSSR count). The van der Waals surface area contributed by atoms with Crippen LogP contribution < -0.4 is 15.4 Å². The van der Waals surface area contributed by atoms with Crippen molar-refractivity contribution in [1.82, 2.24) is 10.6 Å². The standard InChI is InChI=1S/C24H22Cl2N2O4/c1-14(2)27-24(30)21(28-23(29)15-4-7-17(31-3)8-5-15)13-18-9-11-22(32-18)16-6-10-19(25)20(26)12-16/h4-14H,1-3H3,(H,27,30)(H,28,29). The number of hydrogen-bond acceptors (Lipinski definition) is 4. The van der Waals surface area contributed by atoms with E-state index in [-0.39, 0.29) is 11.7 Å². The molecule has 0 unspecified atom stereocenters. The van der Waals surface area contributed by atoms with E-state index in [4.69, 9.17) is 32.4 Å². The molecule has 32 heavy (non-hydrogen) atoms. The van der Waals surface area contributed by atoms with Gasteiger partial charge in [0.15, 0.2) is 0 Å². The number of carbonyl (C=O) groups excluding carboxylic acids is 2. The molecule has 1 heterocycles. The van der Waals surface area contributed by atoms with Gasteiger partial charge in [0.2, 0.25) is 0 Å². The molecule has 166 valence electrons. The molecule has 8 heteroatoms. The lowest BCUT2D eigenvalue weighted by Crippen LogP contribution is -2.38. The third-order valence-electron chi connectivity index (χ3n) is 4.38. The smallest absolute Gasteiger partial charge is 0.268 e. The molecule has 0 aliphatic carbocycles. The molecule has 0 aliphatic rings. The maximum atomic E-state index is 12.7. The minimum Gasteiger partial charge on any atom is -0.497 e. The minimum absolute atomic E-state index is 0.0505. The van der Waals surface area contributed by atoms with Crippen molar-refractivity contribution in [3.63, 3.8) is 0 Å². The summed E-state index contributed by atoms with van der Waals surface area (Å²) in [7, 11) is 1.54. The van der Waals surface area contributed by atoms with E-state index >= 15 is 0 Å². The zero-order valence-corrected chi connectivity index (χ0v) is 19.3. The van der Waals surface area contributed by atoms with Gasteiger partial charge in [0, 0.05) is 23.2 Å². The summed E-state index contributed by atoms with van der Waals surface area (Å²) >= 11 is 12.1. The van der Waals surface area contributed by atoms with Gasteiger partial charge in [-0.1, -0.05) is 23.2 Å². The van der Waals surface area contributed by atoms with Gasteiger partial charge >= 0.3 is 0 Å². The summed E-state index contributed by atoms with van der Waals surface area (Å²) in [5.74, 6) is 0.679. The molecule has 2 aromatic carbocycles. The Bertz CT molecular complexity index is 1150. The van der Waals surface area contributed by atoms with Crippen molar-refractivity contribution in [3.8, 4) is 17.1 Å². The third kappa shape index (κ3) is 5.93. The number of hydrogen-bond donors (Lipinski definition) is 2. The molecule has 0 atom stereocenters. The van der Waals surface area contributed by atoms with E-state index < -0.39 is 11.8 Å².